The smallest absolute Gasteiger partial charge is 0.306 e. The largest absolute Gasteiger partial charge is 0.462 e. The standard InChI is InChI=1S/C64H112O6/c1-4-7-10-13-16-19-22-25-28-31-32-34-36-39-42-45-48-51-54-57-63(66)69-60-61(59-68-62(65)56-53-50-47-44-41-38-35-30-27-24-21-18-15-12-9-6-3)70-64(67)58-55-52-49-46-43-40-37-33-29-26-23-20-17-14-11-8-5-2/h8,11,16-17,19-20,25-26,28-29,32,34,61H,4-7,9-10,12-15,18,21-24,27,30-31,33,35-60H2,1-3H3/b11-8-,19-16-,20-17-,28-25-,29-26-,34-32-. The topological polar surface area (TPSA) is 78.9 Å². The SMILES string of the molecule is CC/C=C\C/C=C\C/C=C\CCCCCCCCCC(=O)OC(COC(=O)CCCCCCCC/C=C\C/C=C\C/C=C\CCCCC)COC(=O)CCCCCCCCCCCCCCCCCC. The van der Waals surface area contributed by atoms with Gasteiger partial charge in [0, 0.05) is 19.3 Å². The van der Waals surface area contributed by atoms with Crippen molar-refractivity contribution in [2.45, 2.75) is 303 Å². The fourth-order valence-electron chi connectivity index (χ4n) is 8.47. The van der Waals surface area contributed by atoms with Crippen molar-refractivity contribution in [2.24, 2.45) is 0 Å². The molecule has 0 saturated heterocycles. The summed E-state index contributed by atoms with van der Waals surface area (Å²) in [6.45, 7) is 6.52. The number of rotatable bonds is 54. The maximum absolute atomic E-state index is 12.9. The average Bonchev–Trinajstić information content (AvgIpc) is 3.36. The van der Waals surface area contributed by atoms with Gasteiger partial charge in [0.1, 0.15) is 13.2 Å². The number of hydrogen-bond donors (Lipinski definition) is 0. The lowest BCUT2D eigenvalue weighted by Crippen LogP contribution is -2.30. The lowest BCUT2D eigenvalue weighted by molar-refractivity contribution is -0.167. The summed E-state index contributed by atoms with van der Waals surface area (Å²) in [7, 11) is 0. The Morgan fingerprint density at radius 3 is 0.900 bits per heavy atom. The van der Waals surface area contributed by atoms with Gasteiger partial charge in [-0.15, -0.1) is 0 Å². The predicted octanol–water partition coefficient (Wildman–Crippen LogP) is 20.2. The first-order chi connectivity index (χ1) is 34.5. The molecule has 0 fully saturated rings. The molecule has 0 heterocycles. The van der Waals surface area contributed by atoms with Gasteiger partial charge in [0.05, 0.1) is 0 Å². The highest BCUT2D eigenvalue weighted by molar-refractivity contribution is 5.71. The van der Waals surface area contributed by atoms with Gasteiger partial charge in [0.15, 0.2) is 6.10 Å². The summed E-state index contributed by atoms with van der Waals surface area (Å²) in [5.41, 5.74) is 0. The number of carbonyl (C=O) groups is 3. The van der Waals surface area contributed by atoms with Gasteiger partial charge in [0.25, 0.3) is 0 Å². The Balaban J connectivity index is 4.40. The summed E-state index contributed by atoms with van der Waals surface area (Å²) in [6, 6.07) is 0. The Kier molecular flexibility index (Phi) is 55.8. The van der Waals surface area contributed by atoms with Gasteiger partial charge in [-0.2, -0.15) is 0 Å². The molecule has 70 heavy (non-hydrogen) atoms. The van der Waals surface area contributed by atoms with Gasteiger partial charge in [-0.25, -0.2) is 0 Å². The van der Waals surface area contributed by atoms with Crippen LogP contribution in [0, 0.1) is 0 Å². The molecule has 0 aromatic rings. The van der Waals surface area contributed by atoms with Gasteiger partial charge >= 0.3 is 17.9 Å². The molecule has 0 aliphatic heterocycles. The first-order valence-electron chi connectivity index (χ1n) is 29.9. The fraction of sp³-hybridized carbons (Fsp3) is 0.766. The van der Waals surface area contributed by atoms with Gasteiger partial charge in [0.2, 0.25) is 0 Å². The molecule has 0 bridgehead atoms. The zero-order chi connectivity index (χ0) is 50.7. The second-order valence-electron chi connectivity index (χ2n) is 19.9. The summed E-state index contributed by atoms with van der Waals surface area (Å²) < 4.78 is 16.9. The van der Waals surface area contributed by atoms with Crippen LogP contribution in [0.1, 0.15) is 297 Å². The normalized spacial score (nSPS) is 12.6. The first-order valence-corrected chi connectivity index (χ1v) is 29.9. The van der Waals surface area contributed by atoms with Gasteiger partial charge in [-0.05, 0) is 89.9 Å². The van der Waals surface area contributed by atoms with Crippen molar-refractivity contribution in [3.63, 3.8) is 0 Å². The molecular weight excluding hydrogens is 865 g/mol. The molecule has 0 aromatic heterocycles. The second kappa shape index (κ2) is 58.4. The van der Waals surface area contributed by atoms with Gasteiger partial charge < -0.3 is 14.2 Å². The average molecular weight is 978 g/mol. The van der Waals surface area contributed by atoms with Crippen molar-refractivity contribution in [3.8, 4) is 0 Å². The molecule has 0 amide bonds. The third-order valence-electron chi connectivity index (χ3n) is 12.9. The van der Waals surface area contributed by atoms with E-state index in [-0.39, 0.29) is 31.1 Å². The van der Waals surface area contributed by atoms with Crippen LogP contribution in [0.2, 0.25) is 0 Å². The number of carbonyl (C=O) groups excluding carboxylic acids is 3. The minimum Gasteiger partial charge on any atom is -0.462 e. The highest BCUT2D eigenvalue weighted by Crippen LogP contribution is 2.16. The first kappa shape index (κ1) is 66.9. The molecule has 6 heteroatoms. The maximum atomic E-state index is 12.9. The van der Waals surface area contributed by atoms with Crippen molar-refractivity contribution in [3.05, 3.63) is 72.9 Å². The summed E-state index contributed by atoms with van der Waals surface area (Å²) >= 11 is 0. The van der Waals surface area contributed by atoms with Crippen molar-refractivity contribution in [1.82, 2.24) is 0 Å². The van der Waals surface area contributed by atoms with Crippen LogP contribution in [0.3, 0.4) is 0 Å². The van der Waals surface area contributed by atoms with Crippen molar-refractivity contribution < 1.29 is 28.6 Å². The fourth-order valence-corrected chi connectivity index (χ4v) is 8.47. The third-order valence-corrected chi connectivity index (χ3v) is 12.9. The van der Waals surface area contributed by atoms with Crippen LogP contribution in [0.15, 0.2) is 72.9 Å². The van der Waals surface area contributed by atoms with Crippen LogP contribution in [0.4, 0.5) is 0 Å². The zero-order valence-corrected chi connectivity index (χ0v) is 46.3. The Hall–Kier alpha value is -3.15. The van der Waals surface area contributed by atoms with E-state index in [9.17, 15) is 14.4 Å². The summed E-state index contributed by atoms with van der Waals surface area (Å²) in [6.07, 6.45) is 74.6. The number of allylic oxidation sites excluding steroid dienone is 12. The molecule has 0 rings (SSSR count). The van der Waals surface area contributed by atoms with Gasteiger partial charge in [-0.1, -0.05) is 261 Å². The van der Waals surface area contributed by atoms with E-state index in [1.807, 2.05) is 0 Å². The second-order valence-corrected chi connectivity index (χ2v) is 19.9. The van der Waals surface area contributed by atoms with E-state index < -0.39 is 6.10 Å². The molecule has 0 aliphatic rings. The third kappa shape index (κ3) is 55.8. The van der Waals surface area contributed by atoms with Crippen LogP contribution in [0.5, 0.6) is 0 Å². The minimum absolute atomic E-state index is 0.0814. The zero-order valence-electron chi connectivity index (χ0n) is 46.3. The monoisotopic (exact) mass is 977 g/mol. The summed E-state index contributed by atoms with van der Waals surface area (Å²) in [4.78, 5) is 38.2. The van der Waals surface area contributed by atoms with Crippen LogP contribution in [-0.2, 0) is 28.6 Å². The van der Waals surface area contributed by atoms with E-state index >= 15 is 0 Å². The lowest BCUT2D eigenvalue weighted by Gasteiger charge is -2.18. The van der Waals surface area contributed by atoms with Crippen molar-refractivity contribution >= 4 is 17.9 Å². The van der Waals surface area contributed by atoms with Crippen LogP contribution < -0.4 is 0 Å². The number of ether oxygens (including phenoxy) is 3. The van der Waals surface area contributed by atoms with Gasteiger partial charge in [-0.3, -0.25) is 14.4 Å². The molecule has 0 N–H and O–H groups in total. The number of hydrogen-bond acceptors (Lipinski definition) is 6. The van der Waals surface area contributed by atoms with Crippen LogP contribution >= 0.6 is 0 Å². The lowest BCUT2D eigenvalue weighted by atomic mass is 10.0. The molecule has 1 atom stereocenters. The van der Waals surface area contributed by atoms with E-state index in [1.54, 1.807) is 0 Å². The quantitative estimate of drug-likeness (QED) is 0.0261. The molecule has 0 aliphatic carbocycles. The molecule has 0 aromatic carbocycles. The van der Waals surface area contributed by atoms with E-state index in [2.05, 4.69) is 93.7 Å². The van der Waals surface area contributed by atoms with E-state index in [0.717, 1.165) is 103 Å². The van der Waals surface area contributed by atoms with Crippen LogP contribution in [-0.4, -0.2) is 37.2 Å². The molecule has 404 valence electrons. The minimum atomic E-state index is -0.786. The molecule has 0 saturated carbocycles. The summed E-state index contributed by atoms with van der Waals surface area (Å²) in [5, 5.41) is 0. The summed E-state index contributed by atoms with van der Waals surface area (Å²) in [5.74, 6) is -0.892. The Labute approximate surface area is 433 Å². The highest BCUT2D eigenvalue weighted by Gasteiger charge is 2.19. The molecule has 1 unspecified atom stereocenters. The molecule has 0 spiro atoms. The molecular formula is C64H112O6. The van der Waals surface area contributed by atoms with Crippen molar-refractivity contribution in [1.29, 1.82) is 0 Å². The van der Waals surface area contributed by atoms with E-state index in [0.29, 0.717) is 19.3 Å². The Morgan fingerprint density at radius 2 is 0.557 bits per heavy atom. The van der Waals surface area contributed by atoms with E-state index in [4.69, 9.17) is 14.2 Å². The van der Waals surface area contributed by atoms with Crippen LogP contribution in [0.25, 0.3) is 0 Å². The number of unbranched alkanes of at least 4 members (excludes halogenated alkanes) is 31. The Morgan fingerprint density at radius 1 is 0.300 bits per heavy atom. The van der Waals surface area contributed by atoms with E-state index in [1.165, 1.54) is 154 Å². The highest BCUT2D eigenvalue weighted by atomic mass is 16.6. The maximum Gasteiger partial charge on any atom is 0.306 e. The number of esters is 3. The molecule has 0 radical (unpaired) electrons. The van der Waals surface area contributed by atoms with Crippen molar-refractivity contribution in [2.75, 3.05) is 13.2 Å². The Bertz CT molecular complexity index is 1310. The molecule has 6 nitrogen and oxygen atoms in total. The predicted molar refractivity (Wildman–Crippen MR) is 302 cm³/mol.